The van der Waals surface area contributed by atoms with Crippen LogP contribution in [-0.2, 0) is 17.3 Å². The number of nitrogens with zero attached hydrogens (tertiary/aromatic N) is 1. The molecule has 1 heterocycles. The fraction of sp³-hybridized carbons (Fsp3) is 0.500. The third-order valence-corrected chi connectivity index (χ3v) is 5.79. The molecule has 0 bridgehead atoms. The quantitative estimate of drug-likeness (QED) is 0.393. The minimum Gasteiger partial charge on any atom is -0.459 e. The highest BCUT2D eigenvalue weighted by Crippen LogP contribution is 2.24. The Bertz CT molecular complexity index is 750. The lowest BCUT2D eigenvalue weighted by Gasteiger charge is -2.18. The Labute approximate surface area is 169 Å². The van der Waals surface area contributed by atoms with E-state index in [0.717, 1.165) is 22.3 Å². The molecule has 5 nitrogen and oxygen atoms in total. The molecule has 0 radical (unpaired) electrons. The van der Waals surface area contributed by atoms with Gasteiger partial charge in [0.05, 0.1) is 6.54 Å². The van der Waals surface area contributed by atoms with E-state index in [2.05, 4.69) is 28.6 Å². The third-order valence-electron chi connectivity index (χ3n) is 3.85. The summed E-state index contributed by atoms with van der Waals surface area (Å²) in [5.41, 5.74) is 2.04. The lowest BCUT2D eigenvalue weighted by atomic mass is 10.1. The fourth-order valence-electron chi connectivity index (χ4n) is 2.35. The SMILES string of the molecule is CN=C(NCCS(=O)C(C)(C)C)NCc1oc2ccccc2c1C.I. The van der Waals surface area contributed by atoms with Gasteiger partial charge in [-0.15, -0.1) is 24.0 Å². The van der Waals surface area contributed by atoms with Crippen LogP contribution in [0, 0.1) is 6.92 Å². The van der Waals surface area contributed by atoms with Crippen LogP contribution in [-0.4, -0.2) is 34.3 Å². The summed E-state index contributed by atoms with van der Waals surface area (Å²) in [5.74, 6) is 2.17. The molecule has 0 aliphatic carbocycles. The molecule has 0 aliphatic rings. The molecule has 2 rings (SSSR count). The van der Waals surface area contributed by atoms with Crippen LogP contribution in [0.3, 0.4) is 0 Å². The maximum atomic E-state index is 12.1. The number of para-hydroxylation sites is 1. The Kier molecular flexibility index (Phi) is 8.40. The monoisotopic (exact) mass is 477 g/mol. The van der Waals surface area contributed by atoms with Crippen molar-refractivity contribution in [1.82, 2.24) is 10.6 Å². The topological polar surface area (TPSA) is 66.6 Å². The predicted molar refractivity (Wildman–Crippen MR) is 117 cm³/mol. The highest BCUT2D eigenvalue weighted by molar-refractivity contribution is 14.0. The standard InChI is InChI=1S/C18H27N3O2S.HI/c1-13-14-8-6-7-9-15(14)23-16(13)12-21-17(19-5)20-10-11-24(22)18(2,3)4;/h6-9H,10-12H2,1-5H3,(H2,19,20,21);1H. The Morgan fingerprint density at radius 3 is 2.52 bits per heavy atom. The fourth-order valence-corrected chi connectivity index (χ4v) is 3.25. The van der Waals surface area contributed by atoms with Crippen LogP contribution in [0.5, 0.6) is 0 Å². The second-order valence-electron chi connectivity index (χ2n) is 6.66. The van der Waals surface area contributed by atoms with E-state index in [1.165, 1.54) is 0 Å². The summed E-state index contributed by atoms with van der Waals surface area (Å²) in [4.78, 5) is 4.20. The lowest BCUT2D eigenvalue weighted by Crippen LogP contribution is -2.40. The van der Waals surface area contributed by atoms with Crippen molar-refractivity contribution in [3.63, 3.8) is 0 Å². The van der Waals surface area contributed by atoms with Gasteiger partial charge in [0.2, 0.25) is 0 Å². The summed E-state index contributed by atoms with van der Waals surface area (Å²) in [5, 5.41) is 7.58. The smallest absolute Gasteiger partial charge is 0.191 e. The van der Waals surface area contributed by atoms with Gasteiger partial charge in [0.25, 0.3) is 0 Å². The van der Waals surface area contributed by atoms with E-state index in [-0.39, 0.29) is 28.7 Å². The Balaban J connectivity index is 0.00000312. The van der Waals surface area contributed by atoms with Crippen LogP contribution in [0.1, 0.15) is 32.1 Å². The van der Waals surface area contributed by atoms with Crippen LogP contribution in [0.4, 0.5) is 0 Å². The van der Waals surface area contributed by atoms with Crippen molar-refractivity contribution >= 4 is 51.7 Å². The van der Waals surface area contributed by atoms with Gasteiger partial charge in [0.15, 0.2) is 5.96 Å². The van der Waals surface area contributed by atoms with Crippen molar-refractivity contribution in [2.45, 2.75) is 39.0 Å². The van der Waals surface area contributed by atoms with Gasteiger partial charge in [0, 0.05) is 45.8 Å². The van der Waals surface area contributed by atoms with Crippen LogP contribution < -0.4 is 10.6 Å². The van der Waals surface area contributed by atoms with Crippen LogP contribution in [0.25, 0.3) is 11.0 Å². The molecule has 1 atom stereocenters. The van der Waals surface area contributed by atoms with E-state index in [9.17, 15) is 4.21 Å². The van der Waals surface area contributed by atoms with E-state index in [1.807, 2.05) is 39.0 Å². The number of guanidine groups is 1. The molecule has 0 saturated carbocycles. The number of aryl methyl sites for hydroxylation is 1. The lowest BCUT2D eigenvalue weighted by molar-refractivity contribution is 0.535. The van der Waals surface area contributed by atoms with Crippen molar-refractivity contribution in [3.05, 3.63) is 35.6 Å². The molecule has 1 unspecified atom stereocenters. The zero-order valence-corrected chi connectivity index (χ0v) is 18.7. The zero-order chi connectivity index (χ0) is 17.7. The number of hydrogen-bond donors (Lipinski definition) is 2. The highest BCUT2D eigenvalue weighted by Gasteiger charge is 2.18. The Morgan fingerprint density at radius 1 is 1.24 bits per heavy atom. The first-order chi connectivity index (χ1) is 11.3. The minimum absolute atomic E-state index is 0. The molecular formula is C18H28IN3O2S. The normalized spacial score (nSPS) is 13.4. The molecule has 25 heavy (non-hydrogen) atoms. The molecular weight excluding hydrogens is 449 g/mol. The number of rotatable bonds is 5. The first-order valence-corrected chi connectivity index (χ1v) is 9.45. The van der Waals surface area contributed by atoms with Gasteiger partial charge in [-0.05, 0) is 33.8 Å². The molecule has 1 aromatic carbocycles. The molecule has 140 valence electrons. The maximum absolute atomic E-state index is 12.1. The molecule has 2 N–H and O–H groups in total. The largest absolute Gasteiger partial charge is 0.459 e. The number of nitrogens with one attached hydrogen (secondary N) is 2. The van der Waals surface area contributed by atoms with Crippen molar-refractivity contribution in [2.75, 3.05) is 19.3 Å². The molecule has 0 fully saturated rings. The van der Waals surface area contributed by atoms with Gasteiger partial charge < -0.3 is 15.1 Å². The van der Waals surface area contributed by atoms with E-state index in [0.29, 0.717) is 24.8 Å². The van der Waals surface area contributed by atoms with Crippen LogP contribution in [0.15, 0.2) is 33.7 Å². The number of fused-ring (bicyclic) bond motifs is 1. The summed E-state index contributed by atoms with van der Waals surface area (Å²) in [6, 6.07) is 8.02. The summed E-state index contributed by atoms with van der Waals surface area (Å²) in [6.45, 7) is 9.19. The van der Waals surface area contributed by atoms with Crippen LogP contribution >= 0.6 is 24.0 Å². The molecule has 0 amide bonds. The minimum atomic E-state index is -0.874. The predicted octanol–water partition coefficient (Wildman–Crippen LogP) is 3.57. The van der Waals surface area contributed by atoms with Gasteiger partial charge in [-0.2, -0.15) is 0 Å². The summed E-state index contributed by atoms with van der Waals surface area (Å²) in [6.07, 6.45) is 0. The number of halogens is 1. The average Bonchev–Trinajstić information content (AvgIpc) is 2.86. The third kappa shape index (κ3) is 5.99. The van der Waals surface area contributed by atoms with E-state index < -0.39 is 10.8 Å². The molecule has 0 spiro atoms. The van der Waals surface area contributed by atoms with Crippen molar-refractivity contribution in [2.24, 2.45) is 4.99 Å². The number of hydrogen-bond acceptors (Lipinski definition) is 3. The average molecular weight is 477 g/mol. The first-order valence-electron chi connectivity index (χ1n) is 8.13. The zero-order valence-electron chi connectivity index (χ0n) is 15.5. The highest BCUT2D eigenvalue weighted by atomic mass is 127. The van der Waals surface area contributed by atoms with Crippen LogP contribution in [0.2, 0.25) is 0 Å². The first kappa shape index (κ1) is 22.0. The molecule has 1 aromatic heterocycles. The van der Waals surface area contributed by atoms with E-state index in [4.69, 9.17) is 4.42 Å². The number of furan rings is 1. The maximum Gasteiger partial charge on any atom is 0.191 e. The van der Waals surface area contributed by atoms with Gasteiger partial charge in [-0.25, -0.2) is 0 Å². The molecule has 0 saturated heterocycles. The van der Waals surface area contributed by atoms with Crippen molar-refractivity contribution in [3.8, 4) is 0 Å². The van der Waals surface area contributed by atoms with Crippen molar-refractivity contribution in [1.29, 1.82) is 0 Å². The molecule has 7 heteroatoms. The van der Waals surface area contributed by atoms with Gasteiger partial charge in [-0.1, -0.05) is 18.2 Å². The summed E-state index contributed by atoms with van der Waals surface area (Å²) >= 11 is 0. The van der Waals surface area contributed by atoms with Gasteiger partial charge >= 0.3 is 0 Å². The Morgan fingerprint density at radius 2 is 1.92 bits per heavy atom. The molecule has 2 aromatic rings. The van der Waals surface area contributed by atoms with E-state index in [1.54, 1.807) is 7.05 Å². The number of aliphatic imine (C=N–C) groups is 1. The van der Waals surface area contributed by atoms with Gasteiger partial charge in [-0.3, -0.25) is 9.20 Å². The van der Waals surface area contributed by atoms with E-state index >= 15 is 0 Å². The second kappa shape index (κ2) is 9.56. The summed E-state index contributed by atoms with van der Waals surface area (Å²) < 4.78 is 17.8. The number of benzene rings is 1. The summed E-state index contributed by atoms with van der Waals surface area (Å²) in [7, 11) is 0.850. The second-order valence-corrected chi connectivity index (χ2v) is 8.98. The van der Waals surface area contributed by atoms with Gasteiger partial charge in [0.1, 0.15) is 11.3 Å². The molecule has 0 aliphatic heterocycles. The Hall–Kier alpha value is -1.09. The van der Waals surface area contributed by atoms with Crippen molar-refractivity contribution < 1.29 is 8.63 Å².